The highest BCUT2D eigenvalue weighted by atomic mass is 16.6. The maximum Gasteiger partial charge on any atom is 0.315 e. The molecule has 1 aromatic heterocycles. The average Bonchev–Trinajstić information content (AvgIpc) is 2.69. The van der Waals surface area contributed by atoms with E-state index in [4.69, 9.17) is 9.57 Å². The predicted molar refractivity (Wildman–Crippen MR) is 109 cm³/mol. The third-order valence-corrected chi connectivity index (χ3v) is 4.90. The van der Waals surface area contributed by atoms with E-state index in [-0.39, 0.29) is 0 Å². The van der Waals surface area contributed by atoms with Gasteiger partial charge < -0.3 is 14.7 Å². The summed E-state index contributed by atoms with van der Waals surface area (Å²) in [4.78, 5) is 20.9. The van der Waals surface area contributed by atoms with Crippen molar-refractivity contribution in [2.45, 2.75) is 40.0 Å². The van der Waals surface area contributed by atoms with Crippen LogP contribution < -0.4 is 4.74 Å². The molecular formula is C22H28N2O4. The second-order valence-corrected chi connectivity index (χ2v) is 6.93. The molecule has 0 amide bonds. The Bertz CT molecular complexity index is 800. The Balaban J connectivity index is 1.94. The van der Waals surface area contributed by atoms with Gasteiger partial charge in [0.05, 0.1) is 12.3 Å². The van der Waals surface area contributed by atoms with Gasteiger partial charge in [-0.05, 0) is 56.0 Å². The van der Waals surface area contributed by atoms with Gasteiger partial charge in [0.1, 0.15) is 18.3 Å². The molecule has 0 aliphatic heterocycles. The van der Waals surface area contributed by atoms with Gasteiger partial charge in [0.2, 0.25) is 0 Å². The standard InChI is InChI=1S/C22H28N2O4/c1-5-17-6-9-19(23-15-17)12-13-28-20-10-7-18(8-11-20)14-22(3,21(25)26)16(2)24-27-4/h6-11,15H,5,12-14H2,1-4H3,(H,25,26). The van der Waals surface area contributed by atoms with Crippen LogP contribution in [0.5, 0.6) is 5.75 Å². The van der Waals surface area contributed by atoms with Gasteiger partial charge in [-0.1, -0.05) is 30.3 Å². The Morgan fingerprint density at radius 2 is 1.86 bits per heavy atom. The quantitative estimate of drug-likeness (QED) is 0.496. The molecule has 0 saturated heterocycles. The van der Waals surface area contributed by atoms with Gasteiger partial charge in [-0.25, -0.2) is 0 Å². The normalized spacial score (nSPS) is 13.6. The van der Waals surface area contributed by atoms with E-state index in [0.717, 1.165) is 29.8 Å². The van der Waals surface area contributed by atoms with Crippen LogP contribution in [0.4, 0.5) is 0 Å². The van der Waals surface area contributed by atoms with Crippen LogP contribution in [0.2, 0.25) is 0 Å². The molecule has 2 rings (SSSR count). The number of nitrogens with zero attached hydrogens (tertiary/aromatic N) is 2. The van der Waals surface area contributed by atoms with Gasteiger partial charge in [-0.3, -0.25) is 9.78 Å². The van der Waals surface area contributed by atoms with Crippen LogP contribution in [0.25, 0.3) is 0 Å². The molecule has 0 aliphatic carbocycles. The summed E-state index contributed by atoms with van der Waals surface area (Å²) in [5.41, 5.74) is 2.40. The first-order valence-corrected chi connectivity index (χ1v) is 9.36. The molecule has 1 unspecified atom stereocenters. The molecule has 0 aliphatic rings. The largest absolute Gasteiger partial charge is 0.493 e. The van der Waals surface area contributed by atoms with Crippen molar-refractivity contribution in [3.63, 3.8) is 0 Å². The van der Waals surface area contributed by atoms with Gasteiger partial charge in [-0.2, -0.15) is 0 Å². The van der Waals surface area contributed by atoms with Crippen LogP contribution in [0.15, 0.2) is 47.8 Å². The van der Waals surface area contributed by atoms with Crippen LogP contribution in [-0.4, -0.2) is 35.5 Å². The Hall–Kier alpha value is -2.89. The van der Waals surface area contributed by atoms with E-state index < -0.39 is 11.4 Å². The van der Waals surface area contributed by atoms with E-state index in [1.165, 1.54) is 12.7 Å². The first kappa shape index (κ1) is 21.4. The lowest BCUT2D eigenvalue weighted by Gasteiger charge is -2.24. The second-order valence-electron chi connectivity index (χ2n) is 6.93. The number of carbonyl (C=O) groups is 1. The summed E-state index contributed by atoms with van der Waals surface area (Å²) in [7, 11) is 1.41. The fourth-order valence-corrected chi connectivity index (χ4v) is 2.79. The maximum absolute atomic E-state index is 11.8. The average molecular weight is 384 g/mol. The lowest BCUT2D eigenvalue weighted by atomic mass is 9.80. The summed E-state index contributed by atoms with van der Waals surface area (Å²) in [5.74, 6) is -0.194. The van der Waals surface area contributed by atoms with Gasteiger partial charge in [0.15, 0.2) is 0 Å². The van der Waals surface area contributed by atoms with E-state index in [9.17, 15) is 9.90 Å². The molecule has 1 aromatic carbocycles. The summed E-state index contributed by atoms with van der Waals surface area (Å²) in [5, 5.41) is 13.5. The van der Waals surface area contributed by atoms with Crippen LogP contribution >= 0.6 is 0 Å². The minimum atomic E-state index is -1.13. The minimum absolute atomic E-state index is 0.314. The van der Waals surface area contributed by atoms with Crippen LogP contribution in [0.3, 0.4) is 0 Å². The highest BCUT2D eigenvalue weighted by molar-refractivity contribution is 6.04. The molecule has 6 nitrogen and oxygen atoms in total. The fourth-order valence-electron chi connectivity index (χ4n) is 2.79. The predicted octanol–water partition coefficient (Wildman–Crippen LogP) is 3.92. The zero-order chi connectivity index (χ0) is 20.6. The lowest BCUT2D eigenvalue weighted by Crippen LogP contribution is -2.37. The third kappa shape index (κ3) is 5.55. The third-order valence-electron chi connectivity index (χ3n) is 4.90. The molecular weight excluding hydrogens is 356 g/mol. The van der Waals surface area contributed by atoms with Crippen LogP contribution in [0.1, 0.15) is 37.6 Å². The molecule has 0 bridgehead atoms. The molecule has 1 atom stereocenters. The molecule has 6 heteroatoms. The monoisotopic (exact) mass is 384 g/mol. The minimum Gasteiger partial charge on any atom is -0.493 e. The van der Waals surface area contributed by atoms with Gasteiger partial charge in [-0.15, -0.1) is 0 Å². The summed E-state index contributed by atoms with van der Waals surface area (Å²) >= 11 is 0. The zero-order valence-electron chi connectivity index (χ0n) is 16.9. The van der Waals surface area contributed by atoms with E-state index in [1.54, 1.807) is 13.8 Å². The van der Waals surface area contributed by atoms with Crippen LogP contribution in [0, 0.1) is 5.41 Å². The second kappa shape index (κ2) is 9.88. The van der Waals surface area contributed by atoms with E-state index in [0.29, 0.717) is 18.7 Å². The molecule has 0 saturated carbocycles. The molecule has 150 valence electrons. The van der Waals surface area contributed by atoms with Crippen molar-refractivity contribution in [3.8, 4) is 5.75 Å². The van der Waals surface area contributed by atoms with Crippen molar-refractivity contribution in [1.29, 1.82) is 0 Å². The van der Waals surface area contributed by atoms with E-state index in [1.807, 2.05) is 36.5 Å². The SMILES string of the molecule is CCc1ccc(CCOc2ccc(CC(C)(C(=O)O)C(C)=NOC)cc2)nc1. The smallest absolute Gasteiger partial charge is 0.315 e. The molecule has 2 aromatic rings. The number of benzene rings is 1. The van der Waals surface area contributed by atoms with Crippen molar-refractivity contribution < 1.29 is 19.5 Å². The van der Waals surface area contributed by atoms with Crippen molar-refractivity contribution in [2.75, 3.05) is 13.7 Å². The van der Waals surface area contributed by atoms with E-state index >= 15 is 0 Å². The number of carboxylic acid groups (broad SMARTS) is 1. The number of rotatable bonds is 10. The number of aryl methyl sites for hydroxylation is 1. The summed E-state index contributed by atoms with van der Waals surface area (Å²) < 4.78 is 5.79. The molecule has 1 N–H and O–H groups in total. The molecule has 28 heavy (non-hydrogen) atoms. The van der Waals surface area contributed by atoms with Crippen molar-refractivity contribution in [2.24, 2.45) is 10.6 Å². The van der Waals surface area contributed by atoms with Gasteiger partial charge in [0.25, 0.3) is 0 Å². The summed E-state index contributed by atoms with van der Waals surface area (Å²) in [6, 6.07) is 11.6. The highest BCUT2D eigenvalue weighted by Crippen LogP contribution is 2.26. The first-order chi connectivity index (χ1) is 13.4. The molecule has 0 radical (unpaired) electrons. The van der Waals surface area contributed by atoms with Crippen molar-refractivity contribution in [3.05, 3.63) is 59.4 Å². The van der Waals surface area contributed by atoms with Gasteiger partial charge >= 0.3 is 5.97 Å². The number of aromatic nitrogens is 1. The lowest BCUT2D eigenvalue weighted by molar-refractivity contribution is -0.144. The number of oxime groups is 1. The zero-order valence-corrected chi connectivity index (χ0v) is 16.9. The molecule has 1 heterocycles. The van der Waals surface area contributed by atoms with Gasteiger partial charge in [0, 0.05) is 18.3 Å². The Morgan fingerprint density at radius 1 is 1.18 bits per heavy atom. The number of hydrogen-bond donors (Lipinski definition) is 1. The number of pyridine rings is 1. The molecule has 0 spiro atoms. The summed E-state index contributed by atoms with van der Waals surface area (Å²) in [6.45, 7) is 5.95. The van der Waals surface area contributed by atoms with Crippen LogP contribution in [-0.2, 0) is 28.9 Å². The Labute approximate surface area is 166 Å². The Kier molecular flexibility index (Phi) is 7.55. The van der Waals surface area contributed by atoms with Crippen molar-refractivity contribution in [1.82, 2.24) is 4.98 Å². The molecule has 0 fully saturated rings. The first-order valence-electron chi connectivity index (χ1n) is 9.36. The number of hydrogen-bond acceptors (Lipinski definition) is 5. The highest BCUT2D eigenvalue weighted by Gasteiger charge is 2.37. The topological polar surface area (TPSA) is 81.0 Å². The maximum atomic E-state index is 11.8. The van der Waals surface area contributed by atoms with E-state index in [2.05, 4.69) is 23.1 Å². The van der Waals surface area contributed by atoms with Crippen molar-refractivity contribution >= 4 is 11.7 Å². The fraction of sp³-hybridized carbons (Fsp3) is 0.409. The number of carboxylic acids is 1. The Morgan fingerprint density at radius 3 is 2.39 bits per heavy atom. The number of ether oxygens (including phenoxy) is 1. The summed E-state index contributed by atoms with van der Waals surface area (Å²) in [6.07, 6.45) is 3.93. The number of aliphatic carboxylic acids is 1.